The average molecular weight is 482 g/mol. The standard InChI is InChI=1S/C26H29F2N5O2/c1-3-15-5-4-6-20(25(15)28)33(18-8-9-18)23-14-29-26(32-31-23)19-10-7-16(11-21(19)34)17-12-22(27)30-24(13-17)35-2/h7,10-15,18,20,25,34H,3-6,8-9H2,1-2H3/t15-,20+,25-/m1/s1. The number of halogens is 2. The molecule has 0 aliphatic heterocycles. The maximum absolute atomic E-state index is 15.3. The number of phenols is 1. The molecule has 0 bridgehead atoms. The van der Waals surface area contributed by atoms with Crippen molar-refractivity contribution in [3.63, 3.8) is 0 Å². The molecule has 2 heterocycles. The summed E-state index contributed by atoms with van der Waals surface area (Å²) in [5.41, 5.74) is 1.51. The topological polar surface area (TPSA) is 84.3 Å². The Labute approximate surface area is 203 Å². The summed E-state index contributed by atoms with van der Waals surface area (Å²) in [7, 11) is 1.41. The van der Waals surface area contributed by atoms with E-state index in [4.69, 9.17) is 4.74 Å². The van der Waals surface area contributed by atoms with Gasteiger partial charge in [0.25, 0.3) is 0 Å². The van der Waals surface area contributed by atoms with Gasteiger partial charge in [0.15, 0.2) is 11.6 Å². The minimum absolute atomic E-state index is 0.0609. The summed E-state index contributed by atoms with van der Waals surface area (Å²) < 4.78 is 34.1. The van der Waals surface area contributed by atoms with E-state index in [1.807, 2.05) is 0 Å². The van der Waals surface area contributed by atoms with E-state index in [0.29, 0.717) is 22.5 Å². The van der Waals surface area contributed by atoms with Crippen LogP contribution in [0.1, 0.15) is 45.4 Å². The highest BCUT2D eigenvalue weighted by Gasteiger charge is 2.42. The lowest BCUT2D eigenvalue weighted by Gasteiger charge is -2.40. The van der Waals surface area contributed by atoms with E-state index in [-0.39, 0.29) is 35.5 Å². The van der Waals surface area contributed by atoms with E-state index in [1.165, 1.54) is 19.2 Å². The van der Waals surface area contributed by atoms with Gasteiger partial charge in [-0.15, -0.1) is 10.2 Å². The van der Waals surface area contributed by atoms with Gasteiger partial charge in [0.1, 0.15) is 11.9 Å². The molecular formula is C26H29F2N5O2. The molecule has 2 fully saturated rings. The highest BCUT2D eigenvalue weighted by atomic mass is 19.1. The minimum Gasteiger partial charge on any atom is -0.507 e. The highest BCUT2D eigenvalue weighted by molar-refractivity contribution is 5.73. The van der Waals surface area contributed by atoms with Crippen LogP contribution in [0.3, 0.4) is 0 Å². The fraction of sp³-hybridized carbons (Fsp3) is 0.462. The SMILES string of the molecule is CC[C@@H]1CCC[C@H](N(c2cnc(-c3ccc(-c4cc(F)nc(OC)c4)cc3O)nn2)C2CC2)[C@@H]1F. The molecule has 0 amide bonds. The van der Waals surface area contributed by atoms with Gasteiger partial charge in [-0.05, 0) is 54.9 Å². The van der Waals surface area contributed by atoms with Gasteiger partial charge in [0.05, 0.1) is 24.9 Å². The summed E-state index contributed by atoms with van der Waals surface area (Å²) in [6, 6.07) is 7.84. The zero-order chi connectivity index (χ0) is 24.5. The van der Waals surface area contributed by atoms with Crippen molar-refractivity contribution in [2.45, 2.75) is 63.7 Å². The summed E-state index contributed by atoms with van der Waals surface area (Å²) in [6.45, 7) is 2.05. The Morgan fingerprint density at radius 3 is 2.57 bits per heavy atom. The number of phenolic OH excluding ortho intramolecular Hbond substituents is 1. The second-order valence-corrected chi connectivity index (χ2v) is 9.34. The molecular weight excluding hydrogens is 452 g/mol. The van der Waals surface area contributed by atoms with Crippen molar-refractivity contribution in [1.29, 1.82) is 0 Å². The number of hydrogen-bond acceptors (Lipinski definition) is 7. The van der Waals surface area contributed by atoms with E-state index in [9.17, 15) is 9.50 Å². The monoisotopic (exact) mass is 481 g/mol. The predicted molar refractivity (Wildman–Crippen MR) is 128 cm³/mol. The fourth-order valence-corrected chi connectivity index (χ4v) is 5.08. The molecule has 3 atom stereocenters. The second kappa shape index (κ2) is 9.71. The summed E-state index contributed by atoms with van der Waals surface area (Å²) in [5, 5.41) is 19.3. The van der Waals surface area contributed by atoms with Crippen LogP contribution >= 0.6 is 0 Å². The summed E-state index contributed by atoms with van der Waals surface area (Å²) in [5.74, 6) is 0.333. The van der Waals surface area contributed by atoms with Crippen molar-refractivity contribution in [3.05, 3.63) is 42.5 Å². The van der Waals surface area contributed by atoms with Crippen molar-refractivity contribution in [1.82, 2.24) is 20.2 Å². The molecule has 7 nitrogen and oxygen atoms in total. The quantitative estimate of drug-likeness (QED) is 0.456. The van der Waals surface area contributed by atoms with Crippen LogP contribution in [0.15, 0.2) is 36.5 Å². The van der Waals surface area contributed by atoms with Crippen LogP contribution in [0.5, 0.6) is 11.6 Å². The van der Waals surface area contributed by atoms with Gasteiger partial charge in [-0.1, -0.05) is 25.8 Å². The third-order valence-electron chi connectivity index (χ3n) is 7.08. The Hall–Kier alpha value is -3.36. The third kappa shape index (κ3) is 4.76. The molecule has 1 N–H and O–H groups in total. The first-order valence-corrected chi connectivity index (χ1v) is 12.2. The first kappa shape index (κ1) is 23.4. The van der Waals surface area contributed by atoms with Crippen molar-refractivity contribution >= 4 is 5.82 Å². The molecule has 184 valence electrons. The van der Waals surface area contributed by atoms with Gasteiger partial charge in [0.2, 0.25) is 11.8 Å². The van der Waals surface area contributed by atoms with Crippen molar-refractivity contribution in [3.8, 4) is 34.1 Å². The fourth-order valence-electron chi connectivity index (χ4n) is 5.08. The summed E-state index contributed by atoms with van der Waals surface area (Å²) >= 11 is 0. The molecule has 1 aromatic carbocycles. The van der Waals surface area contributed by atoms with E-state index >= 15 is 4.39 Å². The molecule has 0 unspecified atom stereocenters. The molecule has 0 saturated heterocycles. The number of anilines is 1. The van der Waals surface area contributed by atoms with Crippen molar-refractivity contribution in [2.75, 3.05) is 12.0 Å². The number of aromatic hydroxyl groups is 1. The lowest BCUT2D eigenvalue weighted by atomic mass is 9.81. The average Bonchev–Trinajstić information content (AvgIpc) is 3.70. The second-order valence-electron chi connectivity index (χ2n) is 9.34. The number of pyridine rings is 1. The van der Waals surface area contributed by atoms with Crippen LogP contribution in [0.2, 0.25) is 0 Å². The number of aromatic nitrogens is 4. The van der Waals surface area contributed by atoms with Gasteiger partial charge < -0.3 is 14.7 Å². The molecule has 2 aromatic heterocycles. The number of hydrogen-bond donors (Lipinski definition) is 1. The number of alkyl halides is 1. The number of rotatable bonds is 7. The molecule has 0 radical (unpaired) electrons. The van der Waals surface area contributed by atoms with Crippen LogP contribution in [0.25, 0.3) is 22.5 Å². The Morgan fingerprint density at radius 2 is 1.91 bits per heavy atom. The lowest BCUT2D eigenvalue weighted by molar-refractivity contribution is 0.130. The first-order valence-electron chi connectivity index (χ1n) is 12.2. The number of benzene rings is 1. The molecule has 5 rings (SSSR count). The van der Waals surface area contributed by atoms with Crippen molar-refractivity contribution in [2.24, 2.45) is 5.92 Å². The zero-order valence-corrected chi connectivity index (χ0v) is 19.9. The Kier molecular flexibility index (Phi) is 6.49. The molecule has 0 spiro atoms. The van der Waals surface area contributed by atoms with E-state index in [1.54, 1.807) is 24.4 Å². The lowest BCUT2D eigenvalue weighted by Crippen LogP contribution is -2.49. The number of ether oxygens (including phenoxy) is 1. The molecule has 2 saturated carbocycles. The maximum Gasteiger partial charge on any atom is 0.216 e. The normalized spacial score (nSPS) is 22.1. The van der Waals surface area contributed by atoms with Crippen LogP contribution in [0.4, 0.5) is 14.6 Å². The van der Waals surface area contributed by atoms with E-state index < -0.39 is 12.1 Å². The zero-order valence-electron chi connectivity index (χ0n) is 19.9. The Bertz CT molecular complexity index is 1190. The third-order valence-corrected chi connectivity index (χ3v) is 7.08. The van der Waals surface area contributed by atoms with Gasteiger partial charge in [-0.3, -0.25) is 0 Å². The van der Waals surface area contributed by atoms with Crippen LogP contribution in [-0.4, -0.2) is 50.6 Å². The molecule has 3 aromatic rings. The van der Waals surface area contributed by atoms with Crippen LogP contribution < -0.4 is 9.64 Å². The number of methoxy groups -OCH3 is 1. The maximum atomic E-state index is 15.3. The van der Waals surface area contributed by atoms with Gasteiger partial charge in [0, 0.05) is 18.2 Å². The first-order chi connectivity index (χ1) is 17.0. The summed E-state index contributed by atoms with van der Waals surface area (Å²) in [4.78, 5) is 10.2. The molecule has 9 heteroatoms. The smallest absolute Gasteiger partial charge is 0.216 e. The Balaban J connectivity index is 1.40. The van der Waals surface area contributed by atoms with Gasteiger partial charge in [-0.25, -0.2) is 9.37 Å². The van der Waals surface area contributed by atoms with E-state index in [0.717, 1.165) is 38.5 Å². The van der Waals surface area contributed by atoms with Crippen LogP contribution in [0, 0.1) is 11.9 Å². The van der Waals surface area contributed by atoms with Crippen LogP contribution in [-0.2, 0) is 0 Å². The minimum atomic E-state index is -0.885. The largest absolute Gasteiger partial charge is 0.507 e. The summed E-state index contributed by atoms with van der Waals surface area (Å²) in [6.07, 6.45) is 6.37. The molecule has 35 heavy (non-hydrogen) atoms. The van der Waals surface area contributed by atoms with E-state index in [2.05, 4.69) is 32.0 Å². The number of nitrogens with zero attached hydrogens (tertiary/aromatic N) is 5. The van der Waals surface area contributed by atoms with Gasteiger partial charge >= 0.3 is 0 Å². The molecule has 2 aliphatic carbocycles. The highest BCUT2D eigenvalue weighted by Crippen LogP contribution is 2.40. The van der Waals surface area contributed by atoms with Crippen molar-refractivity contribution < 1.29 is 18.6 Å². The van der Waals surface area contributed by atoms with Gasteiger partial charge in [-0.2, -0.15) is 9.37 Å². The predicted octanol–water partition coefficient (Wildman–Crippen LogP) is 5.34. The Morgan fingerprint density at radius 1 is 1.09 bits per heavy atom. The molecule has 2 aliphatic rings.